The van der Waals surface area contributed by atoms with Crippen LogP contribution in [0.1, 0.15) is 22.3 Å². The lowest BCUT2D eigenvalue weighted by molar-refractivity contribution is -0.384. The standard InChI is InChI=1S/C23H23N3O8S2/c1-2-7-33-21(28)15-9-18(36-12-15)25-20(27)17-8-14(10-24-17)19(23(30)35)22(29)34-11-13-3-5-16(6-4-13)26(31)32/h2-6,9,12,14,17,19,24H,1,7-8,10-11H2,(H,25,27)(H,30,35). The fraction of sp³-hybridized carbons (Fsp3) is 0.304. The summed E-state index contributed by atoms with van der Waals surface area (Å²) in [7, 11) is 0. The second kappa shape index (κ2) is 12.4. The van der Waals surface area contributed by atoms with Crippen molar-refractivity contribution in [2.45, 2.75) is 19.1 Å². The number of anilines is 1. The van der Waals surface area contributed by atoms with Crippen LogP contribution in [0.15, 0.2) is 48.4 Å². The monoisotopic (exact) mass is 533 g/mol. The van der Waals surface area contributed by atoms with Crippen LogP contribution in [0.5, 0.6) is 0 Å². The maximum atomic E-state index is 12.7. The Morgan fingerprint density at radius 1 is 1.28 bits per heavy atom. The molecule has 1 amide bonds. The third-order valence-electron chi connectivity index (χ3n) is 5.41. The smallest absolute Gasteiger partial charge is 0.339 e. The number of carbonyl (C=O) groups excluding carboxylic acids is 4. The van der Waals surface area contributed by atoms with Crippen LogP contribution in [0.25, 0.3) is 0 Å². The lowest BCUT2D eigenvalue weighted by Gasteiger charge is -2.18. The number of nitro benzene ring substituents is 1. The Bertz CT molecular complexity index is 1160. The molecule has 1 fully saturated rings. The molecule has 0 radical (unpaired) electrons. The van der Waals surface area contributed by atoms with Crippen LogP contribution >= 0.6 is 24.0 Å². The zero-order valence-corrected chi connectivity index (χ0v) is 20.6. The number of nitrogens with zero attached hydrogens (tertiary/aromatic N) is 1. The molecule has 1 aromatic heterocycles. The maximum absolute atomic E-state index is 12.7. The number of benzene rings is 1. The average Bonchev–Trinajstić information content (AvgIpc) is 3.51. The summed E-state index contributed by atoms with van der Waals surface area (Å²) in [6.45, 7) is 3.59. The van der Waals surface area contributed by atoms with Crippen LogP contribution in [0, 0.1) is 22.0 Å². The minimum absolute atomic E-state index is 0.0745. The van der Waals surface area contributed by atoms with Crippen LogP contribution < -0.4 is 10.6 Å². The topological polar surface area (TPSA) is 154 Å². The molecule has 2 heterocycles. The number of rotatable bonds is 11. The Kier molecular flexibility index (Phi) is 9.33. The van der Waals surface area contributed by atoms with E-state index in [4.69, 9.17) is 9.47 Å². The molecule has 1 aromatic carbocycles. The molecule has 0 saturated carbocycles. The van der Waals surface area contributed by atoms with Crippen LogP contribution in [-0.4, -0.2) is 47.1 Å². The van der Waals surface area contributed by atoms with Crippen molar-refractivity contribution >= 4 is 57.6 Å². The van der Waals surface area contributed by atoms with Crippen molar-refractivity contribution in [1.82, 2.24) is 5.32 Å². The van der Waals surface area contributed by atoms with Gasteiger partial charge in [0.2, 0.25) is 5.91 Å². The molecule has 1 saturated heterocycles. The molecule has 2 N–H and O–H groups in total. The van der Waals surface area contributed by atoms with E-state index in [1.165, 1.54) is 36.4 Å². The first-order chi connectivity index (χ1) is 17.2. The number of amides is 1. The number of thiol groups is 1. The molecular formula is C23H23N3O8S2. The van der Waals surface area contributed by atoms with E-state index < -0.39 is 39.9 Å². The van der Waals surface area contributed by atoms with Gasteiger partial charge in [0.05, 0.1) is 21.5 Å². The molecule has 3 unspecified atom stereocenters. The Labute approximate surface area is 215 Å². The summed E-state index contributed by atoms with van der Waals surface area (Å²) in [5, 5.41) is 17.8. The molecule has 1 aliphatic heterocycles. The predicted octanol–water partition coefficient (Wildman–Crippen LogP) is 2.73. The Morgan fingerprint density at radius 3 is 2.64 bits per heavy atom. The number of esters is 2. The van der Waals surface area contributed by atoms with Gasteiger partial charge in [-0.15, -0.1) is 24.0 Å². The van der Waals surface area contributed by atoms with Crippen LogP contribution in [0.3, 0.4) is 0 Å². The van der Waals surface area contributed by atoms with E-state index in [1.807, 2.05) is 0 Å². The zero-order chi connectivity index (χ0) is 26.2. The minimum Gasteiger partial charge on any atom is -0.460 e. The average molecular weight is 534 g/mol. The summed E-state index contributed by atoms with van der Waals surface area (Å²) in [5.74, 6) is -3.42. The number of nitrogens with one attached hydrogen (secondary N) is 2. The molecule has 3 rings (SSSR count). The largest absolute Gasteiger partial charge is 0.460 e. The fourth-order valence-electron chi connectivity index (χ4n) is 3.61. The highest BCUT2D eigenvalue weighted by atomic mass is 32.1. The van der Waals surface area contributed by atoms with Gasteiger partial charge in [-0.2, -0.15) is 0 Å². The lowest BCUT2D eigenvalue weighted by atomic mass is 9.90. The highest BCUT2D eigenvalue weighted by molar-refractivity contribution is 7.96. The Morgan fingerprint density at radius 2 is 2.00 bits per heavy atom. The van der Waals surface area contributed by atoms with Crippen molar-refractivity contribution in [3.63, 3.8) is 0 Å². The van der Waals surface area contributed by atoms with Crippen molar-refractivity contribution in [2.75, 3.05) is 18.5 Å². The summed E-state index contributed by atoms with van der Waals surface area (Å²) in [5.41, 5.74) is 0.719. The number of non-ortho nitro benzene ring substituents is 1. The lowest BCUT2D eigenvalue weighted by Crippen LogP contribution is -2.35. The van der Waals surface area contributed by atoms with Crippen molar-refractivity contribution in [2.24, 2.45) is 11.8 Å². The molecular weight excluding hydrogens is 510 g/mol. The van der Waals surface area contributed by atoms with Gasteiger partial charge in [-0.25, -0.2) is 4.79 Å². The van der Waals surface area contributed by atoms with Crippen LogP contribution in [0.4, 0.5) is 10.7 Å². The maximum Gasteiger partial charge on any atom is 0.339 e. The third-order valence-corrected chi connectivity index (χ3v) is 6.54. The van der Waals surface area contributed by atoms with Crippen LogP contribution in [0.2, 0.25) is 0 Å². The molecule has 1 aliphatic rings. The number of thiophene rings is 1. The van der Waals surface area contributed by atoms with E-state index in [0.29, 0.717) is 16.1 Å². The fourth-order valence-corrected chi connectivity index (χ4v) is 4.69. The van der Waals surface area contributed by atoms with Crippen molar-refractivity contribution in [1.29, 1.82) is 0 Å². The molecule has 0 bridgehead atoms. The van der Waals surface area contributed by atoms with E-state index in [9.17, 15) is 29.3 Å². The number of nitro groups is 1. The second-order valence-electron chi connectivity index (χ2n) is 7.88. The summed E-state index contributed by atoms with van der Waals surface area (Å²) < 4.78 is 10.2. The van der Waals surface area contributed by atoms with Gasteiger partial charge in [-0.3, -0.25) is 24.5 Å². The quantitative estimate of drug-likeness (QED) is 0.0988. The van der Waals surface area contributed by atoms with Crippen LogP contribution in [-0.2, 0) is 30.5 Å². The predicted molar refractivity (Wildman–Crippen MR) is 134 cm³/mol. The molecule has 11 nitrogen and oxygen atoms in total. The normalized spacial score (nSPS) is 17.6. The van der Waals surface area contributed by atoms with Gasteiger partial charge < -0.3 is 20.1 Å². The number of ether oxygens (including phenoxy) is 2. The molecule has 13 heteroatoms. The first-order valence-corrected chi connectivity index (χ1v) is 12.1. The van der Waals surface area contributed by atoms with E-state index in [-0.39, 0.29) is 37.8 Å². The van der Waals surface area contributed by atoms with E-state index in [1.54, 1.807) is 5.38 Å². The SMILES string of the molecule is C=CCOC(=O)c1csc(NC(=O)C2CC(C(C(=O)S)C(=O)OCc3ccc([N+](=O)[O-])cc3)CN2)c1. The molecule has 0 spiro atoms. The number of hydrogen-bond donors (Lipinski definition) is 3. The third kappa shape index (κ3) is 6.99. The van der Waals surface area contributed by atoms with E-state index in [0.717, 1.165) is 11.3 Å². The van der Waals surface area contributed by atoms with Gasteiger partial charge in [0.1, 0.15) is 19.1 Å². The van der Waals surface area contributed by atoms with Crippen molar-refractivity contribution < 1.29 is 33.6 Å². The summed E-state index contributed by atoms with van der Waals surface area (Å²) in [4.78, 5) is 59.6. The molecule has 190 valence electrons. The highest BCUT2D eigenvalue weighted by Gasteiger charge is 2.41. The Hall–Kier alpha value is -3.55. The van der Waals surface area contributed by atoms with E-state index >= 15 is 0 Å². The highest BCUT2D eigenvalue weighted by Crippen LogP contribution is 2.28. The van der Waals surface area contributed by atoms with Gasteiger partial charge in [-0.05, 0) is 36.1 Å². The summed E-state index contributed by atoms with van der Waals surface area (Å²) in [6, 6.07) is 6.30. The van der Waals surface area contributed by atoms with Gasteiger partial charge >= 0.3 is 11.9 Å². The molecule has 36 heavy (non-hydrogen) atoms. The first-order valence-electron chi connectivity index (χ1n) is 10.7. The molecule has 2 aromatic rings. The number of carbonyl (C=O) groups is 4. The molecule has 3 atom stereocenters. The minimum atomic E-state index is -1.19. The summed E-state index contributed by atoms with van der Waals surface area (Å²) in [6.07, 6.45) is 1.64. The van der Waals surface area contributed by atoms with Crippen molar-refractivity contribution in [3.8, 4) is 0 Å². The van der Waals surface area contributed by atoms with Gasteiger partial charge in [-0.1, -0.05) is 12.7 Å². The zero-order valence-electron chi connectivity index (χ0n) is 18.9. The van der Waals surface area contributed by atoms with Gasteiger partial charge in [0, 0.05) is 24.1 Å². The number of hydrogen-bond acceptors (Lipinski definition) is 10. The van der Waals surface area contributed by atoms with Gasteiger partial charge in [0.25, 0.3) is 5.69 Å². The second-order valence-corrected chi connectivity index (χ2v) is 9.23. The van der Waals surface area contributed by atoms with E-state index in [2.05, 4.69) is 29.8 Å². The van der Waals surface area contributed by atoms with Crippen molar-refractivity contribution in [3.05, 3.63) is 69.6 Å². The first kappa shape index (κ1) is 27.0. The Balaban J connectivity index is 1.55. The molecule has 0 aliphatic carbocycles. The van der Waals surface area contributed by atoms with Gasteiger partial charge in [0.15, 0.2) is 5.12 Å². The summed E-state index contributed by atoms with van der Waals surface area (Å²) >= 11 is 5.00.